The first-order chi connectivity index (χ1) is 25.8. The summed E-state index contributed by atoms with van der Waals surface area (Å²) in [5.74, 6) is -7.81. The van der Waals surface area contributed by atoms with Crippen molar-refractivity contribution in [1.82, 2.24) is 26.6 Å². The van der Waals surface area contributed by atoms with E-state index in [9.17, 15) is 48.9 Å². The van der Waals surface area contributed by atoms with Gasteiger partial charge in [-0.3, -0.25) is 28.8 Å². The van der Waals surface area contributed by atoms with E-state index in [1.807, 2.05) is 0 Å². The molecule has 0 aromatic heterocycles. The van der Waals surface area contributed by atoms with Crippen LogP contribution in [0.5, 0.6) is 0 Å². The van der Waals surface area contributed by atoms with E-state index in [0.29, 0.717) is 11.1 Å². The van der Waals surface area contributed by atoms with Crippen molar-refractivity contribution in [2.75, 3.05) is 12.4 Å². The molecule has 0 saturated heterocycles. The molecule has 0 aliphatic rings. The maximum absolute atomic E-state index is 13.8. The number of nitrogens with one attached hydrogen (secondary N) is 5. The minimum Gasteiger partial charge on any atom is -0.481 e. The summed E-state index contributed by atoms with van der Waals surface area (Å²) in [4.78, 5) is 90.3. The van der Waals surface area contributed by atoms with E-state index in [-0.39, 0.29) is 25.0 Å². The summed E-state index contributed by atoms with van der Waals surface area (Å²) in [6.45, 7) is -0.861. The number of aliphatic hydroxyl groups is 1. The number of hydrogen-bond donors (Lipinski definition) is 10. The Balaban J connectivity index is 1.82. The number of amides is 5. The Morgan fingerprint density at radius 1 is 0.519 bits per heavy atom. The van der Waals surface area contributed by atoms with Gasteiger partial charge in [-0.1, -0.05) is 91.0 Å². The van der Waals surface area contributed by atoms with Crippen molar-refractivity contribution in [3.05, 3.63) is 108 Å². The summed E-state index contributed by atoms with van der Waals surface area (Å²) in [5, 5.41) is 41.0. The zero-order valence-electron chi connectivity index (χ0n) is 29.1. The highest BCUT2D eigenvalue weighted by Gasteiger charge is 2.34. The molecule has 3 rings (SSSR count). The summed E-state index contributed by atoms with van der Waals surface area (Å²) >= 11 is 3.95. The molecule has 3 aromatic carbocycles. The second-order valence-electron chi connectivity index (χ2n) is 12.3. The minimum atomic E-state index is -1.78. The Morgan fingerprint density at radius 3 is 1.26 bits per heavy atom. The molecule has 5 amide bonds. The van der Waals surface area contributed by atoms with E-state index in [0.717, 1.165) is 5.56 Å². The Kier molecular flexibility index (Phi) is 17.1. The number of aliphatic hydroxyl groups excluding tert-OH is 1. The fourth-order valence-electron chi connectivity index (χ4n) is 5.21. The lowest BCUT2D eigenvalue weighted by Gasteiger charge is -2.26. The summed E-state index contributed by atoms with van der Waals surface area (Å²) in [7, 11) is 0. The Morgan fingerprint density at radius 2 is 0.870 bits per heavy atom. The fourth-order valence-corrected chi connectivity index (χ4v) is 5.46. The molecule has 6 atom stereocenters. The Hall–Kier alpha value is -5.78. The van der Waals surface area contributed by atoms with Gasteiger partial charge in [-0.15, -0.1) is 0 Å². The van der Waals surface area contributed by atoms with E-state index in [4.69, 9.17) is 5.73 Å². The van der Waals surface area contributed by atoms with Crippen LogP contribution in [0.25, 0.3) is 0 Å². The minimum absolute atomic E-state index is 0.124. The van der Waals surface area contributed by atoms with E-state index in [2.05, 4.69) is 39.2 Å². The Labute approximate surface area is 316 Å². The molecule has 0 saturated carbocycles. The normalized spacial score (nSPS) is 14.1. The number of carboxylic acids is 2. The molecule has 0 heterocycles. The van der Waals surface area contributed by atoms with Crippen LogP contribution in [0.4, 0.5) is 0 Å². The van der Waals surface area contributed by atoms with Gasteiger partial charge in [0.2, 0.25) is 29.5 Å². The Bertz CT molecular complexity index is 1730. The fraction of sp³-hybridized carbons (Fsp3) is 0.324. The van der Waals surface area contributed by atoms with Crippen molar-refractivity contribution >= 4 is 54.1 Å². The third-order valence-electron chi connectivity index (χ3n) is 8.09. The molecular formula is C37H44N6O10S. The number of thiol groups is 1. The molecule has 0 radical (unpaired) electrons. The van der Waals surface area contributed by atoms with Gasteiger partial charge < -0.3 is 47.6 Å². The average Bonchev–Trinajstić information content (AvgIpc) is 3.15. The topological polar surface area (TPSA) is 266 Å². The van der Waals surface area contributed by atoms with Gasteiger partial charge in [0.15, 0.2) is 0 Å². The molecule has 0 fully saturated rings. The molecule has 288 valence electrons. The van der Waals surface area contributed by atoms with Gasteiger partial charge in [0.1, 0.15) is 30.2 Å². The average molecular weight is 765 g/mol. The number of carboxylic acid groups (broad SMARTS) is 2. The SMILES string of the molecule is N[C@@H](Cc1ccccc1)C(=O)N[C@@H](CO)C(=O)N[C@@H](Cc1ccccc1)C(=O)N[C@@H](CC(=O)O)C(=O)N[C@@H](Cc1ccccc1)C(=O)N[C@@H](CS)C(=O)O. The molecule has 0 unspecified atom stereocenters. The first-order valence-electron chi connectivity index (χ1n) is 16.9. The van der Waals surface area contributed by atoms with Gasteiger partial charge in [-0.05, 0) is 23.1 Å². The molecule has 54 heavy (non-hydrogen) atoms. The van der Waals surface area contributed by atoms with Crippen LogP contribution in [0.2, 0.25) is 0 Å². The lowest BCUT2D eigenvalue weighted by Crippen LogP contribution is -2.60. The lowest BCUT2D eigenvalue weighted by molar-refractivity contribution is -0.143. The highest BCUT2D eigenvalue weighted by molar-refractivity contribution is 7.80. The van der Waals surface area contributed by atoms with Crippen molar-refractivity contribution in [2.45, 2.75) is 61.9 Å². The van der Waals surface area contributed by atoms with Gasteiger partial charge in [-0.2, -0.15) is 12.6 Å². The van der Waals surface area contributed by atoms with E-state index < -0.39 is 90.8 Å². The van der Waals surface area contributed by atoms with Crippen molar-refractivity contribution in [2.24, 2.45) is 5.73 Å². The predicted octanol–water partition coefficient (Wildman–Crippen LogP) is -1.05. The molecule has 0 aliphatic carbocycles. The smallest absolute Gasteiger partial charge is 0.327 e. The first kappa shape index (κ1) is 42.6. The van der Waals surface area contributed by atoms with Gasteiger partial charge in [0.05, 0.1) is 19.1 Å². The highest BCUT2D eigenvalue weighted by atomic mass is 32.1. The zero-order chi connectivity index (χ0) is 39.6. The quantitative estimate of drug-likeness (QED) is 0.0585. The van der Waals surface area contributed by atoms with Crippen molar-refractivity contribution in [3.8, 4) is 0 Å². The number of nitrogens with two attached hydrogens (primary N) is 1. The van der Waals surface area contributed by atoms with Crippen LogP contribution < -0.4 is 32.3 Å². The van der Waals surface area contributed by atoms with E-state index >= 15 is 0 Å². The van der Waals surface area contributed by atoms with Crippen LogP contribution >= 0.6 is 12.6 Å². The molecule has 10 N–H and O–H groups in total. The van der Waals surface area contributed by atoms with Crippen molar-refractivity contribution in [3.63, 3.8) is 0 Å². The molecule has 3 aromatic rings. The second-order valence-corrected chi connectivity index (χ2v) is 12.6. The number of benzene rings is 3. The zero-order valence-corrected chi connectivity index (χ0v) is 30.0. The van der Waals surface area contributed by atoms with Crippen LogP contribution in [0.1, 0.15) is 23.1 Å². The number of carbonyl (C=O) groups excluding carboxylic acids is 5. The highest BCUT2D eigenvalue weighted by Crippen LogP contribution is 2.09. The van der Waals surface area contributed by atoms with Gasteiger partial charge in [0.25, 0.3) is 0 Å². The first-order valence-corrected chi connectivity index (χ1v) is 17.5. The number of hydrogen-bond acceptors (Lipinski definition) is 10. The molecule has 0 spiro atoms. The third kappa shape index (κ3) is 14.0. The molecule has 17 heteroatoms. The van der Waals surface area contributed by atoms with Crippen molar-refractivity contribution < 1.29 is 48.9 Å². The van der Waals surface area contributed by atoms with Crippen LogP contribution in [-0.4, -0.2) is 105 Å². The molecule has 0 bridgehead atoms. The summed E-state index contributed by atoms with van der Waals surface area (Å²) in [6, 6.07) is 17.0. The third-order valence-corrected chi connectivity index (χ3v) is 8.46. The van der Waals surface area contributed by atoms with Gasteiger partial charge in [0, 0.05) is 18.6 Å². The van der Waals surface area contributed by atoms with Crippen LogP contribution in [-0.2, 0) is 52.8 Å². The molecule has 0 aliphatic heterocycles. The van der Waals surface area contributed by atoms with E-state index in [1.165, 1.54) is 0 Å². The summed E-state index contributed by atoms with van der Waals surface area (Å²) in [6.07, 6.45) is -1.08. The van der Waals surface area contributed by atoms with Crippen LogP contribution in [0.3, 0.4) is 0 Å². The molecular weight excluding hydrogens is 721 g/mol. The lowest BCUT2D eigenvalue weighted by atomic mass is 10.0. The van der Waals surface area contributed by atoms with Gasteiger partial charge >= 0.3 is 11.9 Å². The largest absolute Gasteiger partial charge is 0.481 e. The maximum atomic E-state index is 13.8. The monoisotopic (exact) mass is 764 g/mol. The van der Waals surface area contributed by atoms with Crippen molar-refractivity contribution in [1.29, 1.82) is 0 Å². The van der Waals surface area contributed by atoms with Crippen LogP contribution in [0, 0.1) is 0 Å². The number of aliphatic carboxylic acids is 2. The van der Waals surface area contributed by atoms with Crippen LogP contribution in [0.15, 0.2) is 91.0 Å². The summed E-state index contributed by atoms with van der Waals surface area (Å²) < 4.78 is 0. The maximum Gasteiger partial charge on any atom is 0.327 e. The molecule has 16 nitrogen and oxygen atoms in total. The summed E-state index contributed by atoms with van der Waals surface area (Å²) in [5.41, 5.74) is 7.93. The number of carbonyl (C=O) groups is 7. The number of rotatable bonds is 21. The standard InChI is InChI=1S/C37H44N6O10S/c38-25(16-22-10-4-1-5-11-22)32(47)42-29(20-44)36(51)40-26(17-23-12-6-2-7-13-23)33(48)41-28(19-31(45)46)35(50)39-27(18-24-14-8-3-9-15-24)34(49)43-30(21-54)37(52)53/h1-15,25-30,44,54H,16-21,38H2,(H,39,50)(H,40,51)(H,41,48)(H,42,47)(H,43,49)(H,45,46)(H,52,53)/t25-,26-,27-,28-,29-,30-/m0/s1. The van der Waals surface area contributed by atoms with E-state index in [1.54, 1.807) is 91.0 Å². The van der Waals surface area contributed by atoms with Gasteiger partial charge in [-0.25, -0.2) is 4.79 Å². The predicted molar refractivity (Wildman–Crippen MR) is 199 cm³/mol. The second kappa shape index (κ2) is 21.7.